The summed E-state index contributed by atoms with van der Waals surface area (Å²) in [4.78, 5) is 14.2. The van der Waals surface area contributed by atoms with Gasteiger partial charge in [0, 0.05) is 38.4 Å². The molecular formula is C13H16N4O2. The van der Waals surface area contributed by atoms with Gasteiger partial charge in [-0.3, -0.25) is 14.4 Å². The summed E-state index contributed by atoms with van der Waals surface area (Å²) < 4.78 is 6.89. The lowest BCUT2D eigenvalue weighted by atomic mass is 10.1. The minimum absolute atomic E-state index is 0.0122. The van der Waals surface area contributed by atoms with E-state index >= 15 is 0 Å². The van der Waals surface area contributed by atoms with Crippen LogP contribution < -0.4 is 5.32 Å². The average Bonchev–Trinajstić information content (AvgIpc) is 3.07. The zero-order valence-corrected chi connectivity index (χ0v) is 10.7. The lowest BCUT2D eigenvalue weighted by Gasteiger charge is -2.32. The van der Waals surface area contributed by atoms with Crippen LogP contribution >= 0.6 is 0 Å². The van der Waals surface area contributed by atoms with E-state index in [1.165, 1.54) is 0 Å². The first-order chi connectivity index (χ1) is 9.28. The minimum Gasteiger partial charge on any atom is -0.472 e. The zero-order chi connectivity index (χ0) is 13.2. The van der Waals surface area contributed by atoms with Crippen LogP contribution in [0.4, 0.5) is 0 Å². The lowest BCUT2D eigenvalue weighted by Crippen LogP contribution is -2.43. The van der Waals surface area contributed by atoms with Crippen molar-refractivity contribution in [2.75, 3.05) is 13.6 Å². The van der Waals surface area contributed by atoms with Gasteiger partial charge in [0.05, 0.1) is 18.2 Å². The Balaban J connectivity index is 1.82. The monoisotopic (exact) mass is 260 g/mol. The van der Waals surface area contributed by atoms with Gasteiger partial charge in [-0.15, -0.1) is 0 Å². The van der Waals surface area contributed by atoms with Crippen molar-refractivity contribution in [1.82, 2.24) is 20.0 Å². The van der Waals surface area contributed by atoms with Crippen molar-refractivity contribution in [3.63, 3.8) is 0 Å². The highest BCUT2D eigenvalue weighted by Gasteiger charge is 2.30. The average molecular weight is 260 g/mol. The van der Waals surface area contributed by atoms with Crippen molar-refractivity contribution in [1.29, 1.82) is 0 Å². The molecule has 0 bridgehead atoms. The molecule has 2 aromatic rings. The molecule has 0 saturated carbocycles. The van der Waals surface area contributed by atoms with Crippen LogP contribution in [0.3, 0.4) is 0 Å². The number of aromatic nitrogens is 2. The Morgan fingerprint density at radius 2 is 2.47 bits per heavy atom. The maximum atomic E-state index is 12.0. The van der Waals surface area contributed by atoms with E-state index in [-0.39, 0.29) is 11.9 Å². The van der Waals surface area contributed by atoms with E-state index in [2.05, 4.69) is 15.3 Å². The van der Waals surface area contributed by atoms with E-state index in [0.717, 1.165) is 24.3 Å². The Hall–Kier alpha value is -2.08. The second kappa shape index (κ2) is 4.89. The van der Waals surface area contributed by atoms with Gasteiger partial charge in [-0.25, -0.2) is 0 Å². The van der Waals surface area contributed by atoms with Crippen LogP contribution in [-0.4, -0.2) is 34.2 Å². The molecule has 1 atom stereocenters. The second-order valence-electron chi connectivity index (χ2n) is 4.70. The summed E-state index contributed by atoms with van der Waals surface area (Å²) in [5, 5.41) is 6.95. The predicted octanol–water partition coefficient (Wildman–Crippen LogP) is 0.779. The van der Waals surface area contributed by atoms with E-state index < -0.39 is 0 Å². The summed E-state index contributed by atoms with van der Waals surface area (Å²) in [6, 6.07) is 3.63. The first-order valence-corrected chi connectivity index (χ1v) is 6.25. The van der Waals surface area contributed by atoms with Crippen LogP contribution in [0.25, 0.3) is 0 Å². The molecule has 0 aromatic carbocycles. The molecule has 0 saturated heterocycles. The summed E-state index contributed by atoms with van der Waals surface area (Å²) in [6.45, 7) is 2.22. The molecule has 1 unspecified atom stereocenters. The number of hydrogen-bond acceptors (Lipinski definition) is 4. The van der Waals surface area contributed by atoms with E-state index in [1.807, 2.05) is 16.8 Å². The summed E-state index contributed by atoms with van der Waals surface area (Å²) in [5.74, 6) is -0.0122. The molecule has 2 aromatic heterocycles. The molecule has 100 valence electrons. The molecule has 6 heteroatoms. The second-order valence-corrected chi connectivity index (χ2v) is 4.70. The van der Waals surface area contributed by atoms with Gasteiger partial charge in [0.1, 0.15) is 6.04 Å². The van der Waals surface area contributed by atoms with Crippen LogP contribution in [0.1, 0.15) is 17.3 Å². The van der Waals surface area contributed by atoms with Gasteiger partial charge < -0.3 is 9.73 Å². The molecule has 0 radical (unpaired) electrons. The van der Waals surface area contributed by atoms with Crippen molar-refractivity contribution < 1.29 is 9.21 Å². The van der Waals surface area contributed by atoms with E-state index in [9.17, 15) is 4.79 Å². The number of carbonyl (C=O) groups is 1. The molecule has 3 heterocycles. The number of carbonyl (C=O) groups excluding carboxylic acids is 1. The van der Waals surface area contributed by atoms with Crippen molar-refractivity contribution in [2.45, 2.75) is 19.1 Å². The number of nitrogens with zero attached hydrogens (tertiary/aromatic N) is 3. The van der Waals surface area contributed by atoms with Gasteiger partial charge in [-0.2, -0.15) is 5.10 Å². The molecule has 0 fully saturated rings. The third-order valence-corrected chi connectivity index (χ3v) is 3.40. The van der Waals surface area contributed by atoms with Crippen LogP contribution in [0.2, 0.25) is 0 Å². The SMILES string of the molecule is CNC(=O)C1CN(Cc2ccoc2)Cc2ccnn21. The molecule has 19 heavy (non-hydrogen) atoms. The van der Waals surface area contributed by atoms with Crippen molar-refractivity contribution in [2.24, 2.45) is 0 Å². The number of likely N-dealkylation sites (N-methyl/N-ethyl adjacent to an activating group) is 1. The Labute approximate surface area is 111 Å². The zero-order valence-electron chi connectivity index (χ0n) is 10.7. The van der Waals surface area contributed by atoms with Gasteiger partial charge >= 0.3 is 0 Å². The van der Waals surface area contributed by atoms with Gasteiger partial charge in [0.15, 0.2) is 0 Å². The van der Waals surface area contributed by atoms with Gasteiger partial charge in [0.25, 0.3) is 0 Å². The lowest BCUT2D eigenvalue weighted by molar-refractivity contribution is -0.125. The number of amides is 1. The standard InChI is InChI=1S/C13H16N4O2/c1-14-13(18)12-8-16(6-10-3-5-19-9-10)7-11-2-4-15-17(11)12/h2-5,9,12H,6-8H2,1H3,(H,14,18). The highest BCUT2D eigenvalue weighted by molar-refractivity contribution is 5.80. The highest BCUT2D eigenvalue weighted by Crippen LogP contribution is 2.22. The van der Waals surface area contributed by atoms with Crippen molar-refractivity contribution in [3.8, 4) is 0 Å². The van der Waals surface area contributed by atoms with Crippen LogP contribution in [0, 0.1) is 0 Å². The van der Waals surface area contributed by atoms with Crippen LogP contribution in [0.15, 0.2) is 35.3 Å². The molecule has 3 rings (SSSR count). The molecule has 0 aliphatic carbocycles. The number of furan rings is 1. The first kappa shape index (κ1) is 12.0. The fraction of sp³-hybridized carbons (Fsp3) is 0.385. The smallest absolute Gasteiger partial charge is 0.245 e. The number of fused-ring (bicyclic) bond motifs is 1. The van der Waals surface area contributed by atoms with Gasteiger partial charge in [-0.1, -0.05) is 0 Å². The predicted molar refractivity (Wildman–Crippen MR) is 68.2 cm³/mol. The highest BCUT2D eigenvalue weighted by atomic mass is 16.3. The topological polar surface area (TPSA) is 63.3 Å². The number of hydrogen-bond donors (Lipinski definition) is 1. The largest absolute Gasteiger partial charge is 0.472 e. The maximum Gasteiger partial charge on any atom is 0.245 e. The molecule has 1 aliphatic heterocycles. The first-order valence-electron chi connectivity index (χ1n) is 6.25. The van der Waals surface area contributed by atoms with Crippen LogP contribution in [0.5, 0.6) is 0 Å². The molecular weight excluding hydrogens is 244 g/mol. The molecule has 1 aliphatic rings. The summed E-state index contributed by atoms with van der Waals surface area (Å²) >= 11 is 0. The van der Waals surface area contributed by atoms with E-state index in [0.29, 0.717) is 6.54 Å². The molecule has 0 spiro atoms. The Kier molecular flexibility index (Phi) is 3.08. The number of nitrogens with one attached hydrogen (secondary N) is 1. The fourth-order valence-corrected chi connectivity index (χ4v) is 2.48. The Morgan fingerprint density at radius 3 is 3.21 bits per heavy atom. The normalized spacial score (nSPS) is 19.1. The summed E-state index contributed by atoms with van der Waals surface area (Å²) in [6.07, 6.45) is 5.15. The Bertz CT molecular complexity index is 561. The maximum absolute atomic E-state index is 12.0. The Morgan fingerprint density at radius 1 is 1.58 bits per heavy atom. The molecule has 1 N–H and O–H groups in total. The number of rotatable bonds is 3. The van der Waals surface area contributed by atoms with E-state index in [1.54, 1.807) is 25.8 Å². The molecule has 1 amide bonds. The van der Waals surface area contributed by atoms with E-state index in [4.69, 9.17) is 4.42 Å². The van der Waals surface area contributed by atoms with Crippen molar-refractivity contribution in [3.05, 3.63) is 42.1 Å². The van der Waals surface area contributed by atoms with Gasteiger partial charge in [0.2, 0.25) is 5.91 Å². The summed E-state index contributed by atoms with van der Waals surface area (Å²) in [7, 11) is 1.65. The van der Waals surface area contributed by atoms with Crippen LogP contribution in [-0.2, 0) is 17.9 Å². The third-order valence-electron chi connectivity index (χ3n) is 3.40. The fourth-order valence-electron chi connectivity index (χ4n) is 2.48. The quantitative estimate of drug-likeness (QED) is 0.885. The molecule has 6 nitrogen and oxygen atoms in total. The van der Waals surface area contributed by atoms with Gasteiger partial charge in [-0.05, 0) is 12.1 Å². The minimum atomic E-state index is -0.268. The third kappa shape index (κ3) is 2.26. The summed E-state index contributed by atoms with van der Waals surface area (Å²) in [5.41, 5.74) is 2.17. The van der Waals surface area contributed by atoms with Crippen molar-refractivity contribution >= 4 is 5.91 Å².